The fourth-order valence-corrected chi connectivity index (χ4v) is 0.942. The van der Waals surface area contributed by atoms with E-state index in [2.05, 4.69) is 51.9 Å². The van der Waals surface area contributed by atoms with E-state index in [1.54, 1.807) is 0 Å². The monoisotopic (exact) mass is 141 g/mol. The molecule has 10 heavy (non-hydrogen) atoms. The third-order valence-corrected chi connectivity index (χ3v) is 2.26. The van der Waals surface area contributed by atoms with E-state index in [-0.39, 0.29) is 5.54 Å². The molecule has 0 aromatic rings. The highest BCUT2D eigenvalue weighted by Crippen LogP contribution is 2.16. The fourth-order valence-electron chi connectivity index (χ4n) is 0.942. The molecule has 0 aromatic carbocycles. The van der Waals surface area contributed by atoms with Crippen LogP contribution in [0.15, 0.2) is 12.2 Å². The molecular weight excluding hydrogens is 122 g/mol. The van der Waals surface area contributed by atoms with Gasteiger partial charge in [0, 0.05) is 5.54 Å². The Kier molecular flexibility index (Phi) is 3.66. The van der Waals surface area contributed by atoms with Gasteiger partial charge in [-0.1, -0.05) is 19.1 Å². The zero-order valence-corrected chi connectivity index (χ0v) is 7.81. The SMILES string of the molecule is CC=CC(C)(CC)N(C)C. The van der Waals surface area contributed by atoms with Gasteiger partial charge in [0.05, 0.1) is 0 Å². The highest BCUT2D eigenvalue weighted by Gasteiger charge is 2.19. The lowest BCUT2D eigenvalue weighted by atomic mass is 9.97. The Hall–Kier alpha value is -0.300. The summed E-state index contributed by atoms with van der Waals surface area (Å²) in [4.78, 5) is 2.24. The molecule has 0 aliphatic carbocycles. The number of allylic oxidation sites excluding steroid dienone is 1. The molecule has 0 aliphatic rings. The first kappa shape index (κ1) is 9.70. The Labute approximate surface area is 64.7 Å². The second-order valence-corrected chi connectivity index (χ2v) is 3.11. The van der Waals surface area contributed by atoms with Crippen LogP contribution in [0.1, 0.15) is 27.2 Å². The van der Waals surface area contributed by atoms with Gasteiger partial charge in [-0.2, -0.15) is 0 Å². The highest BCUT2D eigenvalue weighted by atomic mass is 15.1. The first-order chi connectivity index (χ1) is 4.56. The molecule has 0 N–H and O–H groups in total. The Morgan fingerprint density at radius 3 is 2.00 bits per heavy atom. The van der Waals surface area contributed by atoms with E-state index in [0.717, 1.165) is 6.42 Å². The van der Waals surface area contributed by atoms with Crippen molar-refractivity contribution in [2.75, 3.05) is 14.1 Å². The van der Waals surface area contributed by atoms with Crippen LogP contribution < -0.4 is 0 Å². The van der Waals surface area contributed by atoms with E-state index in [1.165, 1.54) is 0 Å². The molecule has 1 unspecified atom stereocenters. The van der Waals surface area contributed by atoms with Crippen LogP contribution in [0, 0.1) is 0 Å². The minimum absolute atomic E-state index is 0.245. The number of rotatable bonds is 3. The highest BCUT2D eigenvalue weighted by molar-refractivity contribution is 5.01. The van der Waals surface area contributed by atoms with E-state index >= 15 is 0 Å². The van der Waals surface area contributed by atoms with Crippen molar-refractivity contribution in [2.24, 2.45) is 0 Å². The summed E-state index contributed by atoms with van der Waals surface area (Å²) >= 11 is 0. The Balaban J connectivity index is 4.22. The summed E-state index contributed by atoms with van der Waals surface area (Å²) in [6.45, 7) is 6.52. The molecule has 0 saturated carbocycles. The molecule has 0 heterocycles. The van der Waals surface area contributed by atoms with Crippen LogP contribution in [-0.4, -0.2) is 24.5 Å². The zero-order valence-electron chi connectivity index (χ0n) is 7.81. The molecule has 1 atom stereocenters. The van der Waals surface area contributed by atoms with Gasteiger partial charge < -0.3 is 4.90 Å². The van der Waals surface area contributed by atoms with Crippen molar-refractivity contribution >= 4 is 0 Å². The van der Waals surface area contributed by atoms with Gasteiger partial charge in [-0.15, -0.1) is 0 Å². The number of hydrogen-bond acceptors (Lipinski definition) is 1. The van der Waals surface area contributed by atoms with Gasteiger partial charge >= 0.3 is 0 Å². The van der Waals surface area contributed by atoms with Crippen LogP contribution in [0.5, 0.6) is 0 Å². The summed E-state index contributed by atoms with van der Waals surface area (Å²) < 4.78 is 0. The predicted octanol–water partition coefficient (Wildman–Crippen LogP) is 2.29. The Morgan fingerprint density at radius 1 is 1.40 bits per heavy atom. The third-order valence-electron chi connectivity index (χ3n) is 2.26. The maximum Gasteiger partial charge on any atom is 0.0354 e. The van der Waals surface area contributed by atoms with Crippen molar-refractivity contribution in [3.05, 3.63) is 12.2 Å². The first-order valence-corrected chi connectivity index (χ1v) is 3.88. The van der Waals surface area contributed by atoms with Crippen molar-refractivity contribution in [3.63, 3.8) is 0 Å². The van der Waals surface area contributed by atoms with Crippen LogP contribution in [0.25, 0.3) is 0 Å². The standard InChI is InChI=1S/C9H19N/c1-6-8-9(3,7-2)10(4)5/h6,8H,7H2,1-5H3. The topological polar surface area (TPSA) is 3.24 Å². The van der Waals surface area contributed by atoms with E-state index in [4.69, 9.17) is 0 Å². The smallest absolute Gasteiger partial charge is 0.0354 e. The number of nitrogens with zero attached hydrogens (tertiary/aromatic N) is 1. The summed E-state index contributed by atoms with van der Waals surface area (Å²) in [6, 6.07) is 0. The van der Waals surface area contributed by atoms with Gasteiger partial charge in [-0.3, -0.25) is 0 Å². The van der Waals surface area contributed by atoms with E-state index in [9.17, 15) is 0 Å². The van der Waals surface area contributed by atoms with Gasteiger partial charge in [-0.05, 0) is 34.4 Å². The second-order valence-electron chi connectivity index (χ2n) is 3.11. The van der Waals surface area contributed by atoms with E-state index < -0.39 is 0 Å². The molecule has 1 nitrogen and oxygen atoms in total. The molecule has 60 valence electrons. The minimum Gasteiger partial charge on any atom is -0.301 e. The predicted molar refractivity (Wildman–Crippen MR) is 47.2 cm³/mol. The molecule has 0 spiro atoms. The largest absolute Gasteiger partial charge is 0.301 e. The molecule has 0 rings (SSSR count). The molecule has 0 aliphatic heterocycles. The first-order valence-electron chi connectivity index (χ1n) is 3.88. The van der Waals surface area contributed by atoms with Crippen molar-refractivity contribution in [2.45, 2.75) is 32.7 Å². The summed E-state index contributed by atoms with van der Waals surface area (Å²) in [6.07, 6.45) is 5.51. The lowest BCUT2D eigenvalue weighted by Crippen LogP contribution is -2.38. The second kappa shape index (κ2) is 3.77. The maximum absolute atomic E-state index is 2.24. The lowest BCUT2D eigenvalue weighted by molar-refractivity contribution is 0.222. The molecule has 0 bridgehead atoms. The van der Waals surface area contributed by atoms with Crippen molar-refractivity contribution in [3.8, 4) is 0 Å². The average molecular weight is 141 g/mol. The number of hydrogen-bond donors (Lipinski definition) is 0. The van der Waals surface area contributed by atoms with Crippen molar-refractivity contribution in [1.82, 2.24) is 4.90 Å². The van der Waals surface area contributed by atoms with E-state index in [1.807, 2.05) is 0 Å². The van der Waals surface area contributed by atoms with Crippen LogP contribution >= 0.6 is 0 Å². The van der Waals surface area contributed by atoms with Crippen LogP contribution in [0.3, 0.4) is 0 Å². The lowest BCUT2D eigenvalue weighted by Gasteiger charge is -2.32. The number of likely N-dealkylation sites (N-methyl/N-ethyl adjacent to an activating group) is 1. The van der Waals surface area contributed by atoms with E-state index in [0.29, 0.717) is 0 Å². The van der Waals surface area contributed by atoms with Gasteiger partial charge in [0.25, 0.3) is 0 Å². The molecule has 1 heteroatoms. The zero-order chi connectivity index (χ0) is 8.20. The van der Waals surface area contributed by atoms with Gasteiger partial charge in [-0.25, -0.2) is 0 Å². The summed E-state index contributed by atoms with van der Waals surface area (Å²) in [7, 11) is 4.23. The molecule has 0 saturated heterocycles. The molecule has 0 aromatic heterocycles. The van der Waals surface area contributed by atoms with Gasteiger partial charge in [0.1, 0.15) is 0 Å². The fraction of sp³-hybridized carbons (Fsp3) is 0.778. The minimum atomic E-state index is 0.245. The Morgan fingerprint density at radius 2 is 1.90 bits per heavy atom. The molecule has 0 fully saturated rings. The normalized spacial score (nSPS) is 18.2. The summed E-state index contributed by atoms with van der Waals surface area (Å²) in [5, 5.41) is 0. The van der Waals surface area contributed by atoms with Crippen molar-refractivity contribution in [1.29, 1.82) is 0 Å². The molecule has 0 amide bonds. The third kappa shape index (κ3) is 2.14. The Bertz CT molecular complexity index is 116. The molecule has 0 radical (unpaired) electrons. The maximum atomic E-state index is 2.24. The summed E-state index contributed by atoms with van der Waals surface area (Å²) in [5.74, 6) is 0. The average Bonchev–Trinajstić information content (AvgIpc) is 1.88. The van der Waals surface area contributed by atoms with Crippen LogP contribution in [0.2, 0.25) is 0 Å². The van der Waals surface area contributed by atoms with Crippen molar-refractivity contribution < 1.29 is 0 Å². The molecular formula is C9H19N. The van der Waals surface area contributed by atoms with Gasteiger partial charge in [0.15, 0.2) is 0 Å². The van der Waals surface area contributed by atoms with Gasteiger partial charge in [0.2, 0.25) is 0 Å². The summed E-state index contributed by atoms with van der Waals surface area (Å²) in [5.41, 5.74) is 0.245. The van der Waals surface area contributed by atoms with Crippen LogP contribution in [0.4, 0.5) is 0 Å². The quantitative estimate of drug-likeness (QED) is 0.545. The van der Waals surface area contributed by atoms with Crippen LogP contribution in [-0.2, 0) is 0 Å².